The molecule has 0 spiro atoms. The van der Waals surface area contributed by atoms with Crippen LogP contribution in [0.15, 0.2) is 54.6 Å². The Kier molecular flexibility index (Phi) is 12.1. The predicted octanol–water partition coefficient (Wildman–Crippen LogP) is 1.40. The summed E-state index contributed by atoms with van der Waals surface area (Å²) in [4.78, 5) is 36.8. The minimum absolute atomic E-state index is 0.0152. The third-order valence-corrected chi connectivity index (χ3v) is 7.68. The minimum Gasteiger partial charge on any atom is -0.477 e. The van der Waals surface area contributed by atoms with Crippen LogP contribution in [0.5, 0.6) is 0 Å². The summed E-state index contributed by atoms with van der Waals surface area (Å²) in [5.41, 5.74) is 2.23. The number of aliphatic carboxylic acids is 1. The minimum atomic E-state index is -2.31. The number of benzene rings is 2. The predicted molar refractivity (Wildman–Crippen MR) is 153 cm³/mol. The first-order valence-corrected chi connectivity index (χ1v) is 14.6. The molecule has 2 amide bonds. The number of hydrogen-bond donors (Lipinski definition) is 6. The van der Waals surface area contributed by atoms with Gasteiger partial charge in [-0.2, -0.15) is 11.8 Å². The van der Waals surface area contributed by atoms with Gasteiger partial charge in [0, 0.05) is 25.5 Å². The van der Waals surface area contributed by atoms with E-state index >= 15 is 0 Å². The summed E-state index contributed by atoms with van der Waals surface area (Å²) < 4.78 is 11.3. The standard InChI is InChI=1S/C29H38N2O9S/c1-3-41-15-7-14-39-29(28(37)38)16-22(33)24(31-18(2)32)26(40-29)25(35)23(34)17-30-27(36)21-12-10-20(11-13-21)19-8-5-4-6-9-19/h4-6,8-13,22-26,33-35H,3,7,14-17H2,1-2H3,(H,30,36)(H,31,32)(H,37,38)/t22?,23-,24-,25-,26-,29?/m1/s1. The van der Waals surface area contributed by atoms with Crippen LogP contribution in [-0.2, 0) is 19.1 Å². The highest BCUT2D eigenvalue weighted by molar-refractivity contribution is 7.99. The Morgan fingerprint density at radius 2 is 1.76 bits per heavy atom. The summed E-state index contributed by atoms with van der Waals surface area (Å²) in [6.45, 7) is 2.78. The Balaban J connectivity index is 1.69. The molecule has 0 aliphatic carbocycles. The molecule has 1 aliphatic rings. The molecule has 2 unspecified atom stereocenters. The number of carbonyl (C=O) groups excluding carboxylic acids is 2. The fraction of sp³-hybridized carbons (Fsp3) is 0.483. The van der Waals surface area contributed by atoms with Gasteiger partial charge in [0.15, 0.2) is 0 Å². The van der Waals surface area contributed by atoms with Gasteiger partial charge < -0.3 is 40.5 Å². The Labute approximate surface area is 243 Å². The summed E-state index contributed by atoms with van der Waals surface area (Å²) in [6.07, 6.45) is -6.47. The lowest BCUT2D eigenvalue weighted by Gasteiger charge is -2.46. The van der Waals surface area contributed by atoms with Crippen molar-refractivity contribution in [1.82, 2.24) is 10.6 Å². The maximum atomic E-state index is 12.7. The number of hydrogen-bond acceptors (Lipinski definition) is 9. The van der Waals surface area contributed by atoms with E-state index in [0.29, 0.717) is 12.0 Å². The van der Waals surface area contributed by atoms with Crippen LogP contribution in [0.4, 0.5) is 0 Å². The number of nitrogens with one attached hydrogen (secondary N) is 2. The Morgan fingerprint density at radius 1 is 1.10 bits per heavy atom. The molecule has 0 bridgehead atoms. The van der Waals surface area contributed by atoms with E-state index in [-0.39, 0.29) is 6.61 Å². The van der Waals surface area contributed by atoms with Gasteiger partial charge >= 0.3 is 5.97 Å². The van der Waals surface area contributed by atoms with Gasteiger partial charge in [0.05, 0.1) is 24.9 Å². The molecule has 6 N–H and O–H groups in total. The largest absolute Gasteiger partial charge is 0.477 e. The first-order valence-electron chi connectivity index (χ1n) is 13.5. The first-order chi connectivity index (χ1) is 19.6. The van der Waals surface area contributed by atoms with Crippen LogP contribution in [0, 0.1) is 0 Å². The molecule has 3 rings (SSSR count). The third kappa shape index (κ3) is 8.74. The topological polar surface area (TPSA) is 175 Å². The molecule has 0 aromatic heterocycles. The summed E-state index contributed by atoms with van der Waals surface area (Å²) in [6, 6.07) is 15.2. The van der Waals surface area contributed by atoms with E-state index < -0.39 is 67.0 Å². The normalized spacial score (nSPS) is 23.8. The second kappa shape index (κ2) is 15.3. The molecule has 0 saturated carbocycles. The van der Waals surface area contributed by atoms with Crippen molar-refractivity contribution in [3.63, 3.8) is 0 Å². The fourth-order valence-electron chi connectivity index (χ4n) is 4.58. The Hall–Kier alpha value is -3.00. The number of amides is 2. The van der Waals surface area contributed by atoms with Crippen molar-refractivity contribution >= 4 is 29.5 Å². The summed E-state index contributed by atoms with van der Waals surface area (Å²) in [7, 11) is 0. The van der Waals surface area contributed by atoms with Gasteiger partial charge in [0.2, 0.25) is 5.91 Å². The summed E-state index contributed by atoms with van der Waals surface area (Å²) in [5.74, 6) is -3.27. The Morgan fingerprint density at radius 3 is 2.37 bits per heavy atom. The maximum Gasteiger partial charge on any atom is 0.364 e. The molecule has 12 heteroatoms. The Bertz CT molecular complexity index is 1150. The lowest BCUT2D eigenvalue weighted by atomic mass is 9.88. The molecule has 0 radical (unpaired) electrons. The summed E-state index contributed by atoms with van der Waals surface area (Å²) in [5, 5.41) is 47.5. The van der Waals surface area contributed by atoms with Gasteiger partial charge in [0.1, 0.15) is 12.2 Å². The molecule has 1 saturated heterocycles. The van der Waals surface area contributed by atoms with Crippen LogP contribution < -0.4 is 10.6 Å². The van der Waals surface area contributed by atoms with Gasteiger partial charge in [0.25, 0.3) is 11.7 Å². The number of rotatable bonds is 14. The number of thioether (sulfide) groups is 1. The molecule has 224 valence electrons. The average Bonchev–Trinajstić information content (AvgIpc) is 2.96. The van der Waals surface area contributed by atoms with Crippen LogP contribution >= 0.6 is 11.8 Å². The zero-order valence-corrected chi connectivity index (χ0v) is 23.9. The molecular weight excluding hydrogens is 552 g/mol. The maximum absolute atomic E-state index is 12.7. The van der Waals surface area contributed by atoms with Crippen molar-refractivity contribution in [2.45, 2.75) is 62.9 Å². The molecule has 2 aromatic carbocycles. The highest BCUT2D eigenvalue weighted by atomic mass is 32.2. The SMILES string of the molecule is CCSCCCOC1(C(=O)O)CC(O)[C@@H](NC(C)=O)[C@H]([C@H](O)[C@H](O)CNC(=O)c2ccc(-c3ccccc3)cc2)O1. The third-order valence-electron chi connectivity index (χ3n) is 6.70. The van der Waals surface area contributed by atoms with Crippen molar-refractivity contribution in [3.8, 4) is 11.1 Å². The number of carboxylic acid groups (broad SMARTS) is 1. The van der Waals surface area contributed by atoms with Crippen LogP contribution in [0.2, 0.25) is 0 Å². The van der Waals surface area contributed by atoms with Crippen LogP contribution in [0.25, 0.3) is 11.1 Å². The number of ether oxygens (including phenoxy) is 2. The van der Waals surface area contributed by atoms with Crippen molar-refractivity contribution in [1.29, 1.82) is 0 Å². The van der Waals surface area contributed by atoms with E-state index in [2.05, 4.69) is 10.6 Å². The molecular formula is C29H38N2O9S. The van der Waals surface area contributed by atoms with Gasteiger partial charge in [-0.3, -0.25) is 9.59 Å². The smallest absolute Gasteiger partial charge is 0.364 e. The van der Waals surface area contributed by atoms with Crippen molar-refractivity contribution in [2.24, 2.45) is 0 Å². The molecule has 1 fully saturated rings. The van der Waals surface area contributed by atoms with E-state index in [1.165, 1.54) is 6.92 Å². The van der Waals surface area contributed by atoms with Gasteiger partial charge in [-0.1, -0.05) is 49.4 Å². The number of aliphatic hydroxyl groups excluding tert-OH is 3. The number of carbonyl (C=O) groups is 3. The molecule has 11 nitrogen and oxygen atoms in total. The quantitative estimate of drug-likeness (QED) is 0.177. The van der Waals surface area contributed by atoms with Gasteiger partial charge in [-0.25, -0.2) is 4.79 Å². The van der Waals surface area contributed by atoms with Crippen molar-refractivity contribution < 1.29 is 44.3 Å². The van der Waals surface area contributed by atoms with Gasteiger partial charge in [-0.15, -0.1) is 0 Å². The first kappa shape index (κ1) is 32.5. The fourth-order valence-corrected chi connectivity index (χ4v) is 5.19. The van der Waals surface area contributed by atoms with E-state index in [9.17, 15) is 34.8 Å². The highest BCUT2D eigenvalue weighted by Gasteiger charge is 2.55. The van der Waals surface area contributed by atoms with E-state index in [0.717, 1.165) is 22.6 Å². The number of carboxylic acids is 1. The van der Waals surface area contributed by atoms with Gasteiger partial charge in [-0.05, 0) is 41.2 Å². The zero-order chi connectivity index (χ0) is 30.0. The van der Waals surface area contributed by atoms with Crippen LogP contribution in [0.1, 0.15) is 37.0 Å². The van der Waals surface area contributed by atoms with Crippen LogP contribution in [0.3, 0.4) is 0 Å². The van der Waals surface area contributed by atoms with E-state index in [1.807, 2.05) is 37.3 Å². The van der Waals surface area contributed by atoms with Crippen LogP contribution in [-0.4, -0.2) is 99.1 Å². The molecule has 1 heterocycles. The van der Waals surface area contributed by atoms with Crippen molar-refractivity contribution in [3.05, 3.63) is 60.2 Å². The molecule has 41 heavy (non-hydrogen) atoms. The second-order valence-corrected chi connectivity index (χ2v) is 11.1. The molecule has 2 aromatic rings. The highest BCUT2D eigenvalue weighted by Crippen LogP contribution is 2.34. The monoisotopic (exact) mass is 590 g/mol. The van der Waals surface area contributed by atoms with Crippen molar-refractivity contribution in [2.75, 3.05) is 24.7 Å². The lowest BCUT2D eigenvalue weighted by Crippen LogP contribution is -2.68. The van der Waals surface area contributed by atoms with E-state index in [4.69, 9.17) is 9.47 Å². The summed E-state index contributed by atoms with van der Waals surface area (Å²) >= 11 is 1.65. The number of aliphatic hydroxyl groups is 3. The zero-order valence-electron chi connectivity index (χ0n) is 23.1. The molecule has 6 atom stereocenters. The molecule has 1 aliphatic heterocycles. The van der Waals surface area contributed by atoms with E-state index in [1.54, 1.807) is 36.0 Å². The average molecular weight is 591 g/mol. The lowest BCUT2D eigenvalue weighted by molar-refractivity contribution is -0.310. The second-order valence-electron chi connectivity index (χ2n) is 9.75.